The van der Waals surface area contributed by atoms with Gasteiger partial charge in [-0.3, -0.25) is 9.59 Å². The first-order valence-electron chi connectivity index (χ1n) is 6.51. The van der Waals surface area contributed by atoms with Gasteiger partial charge in [-0.05, 0) is 35.9 Å². The highest BCUT2D eigenvalue weighted by Crippen LogP contribution is 2.14. The highest BCUT2D eigenvalue weighted by molar-refractivity contribution is 6.07. The third kappa shape index (κ3) is 4.09. The molecule has 0 bridgehead atoms. The van der Waals surface area contributed by atoms with Crippen molar-refractivity contribution >= 4 is 23.5 Å². The molecule has 0 atom stereocenters. The lowest BCUT2D eigenvalue weighted by atomic mass is 10.1. The zero-order valence-corrected chi connectivity index (χ0v) is 11.8. The molecule has 0 spiro atoms. The Morgan fingerprint density at radius 3 is 2.50 bits per heavy atom. The molecule has 0 saturated carbocycles. The minimum absolute atomic E-state index is 0.234. The molecule has 5 heteroatoms. The number of hydrogen-bond donors (Lipinski definition) is 1. The Bertz CT molecular complexity index is 754. The minimum atomic E-state index is -0.970. The summed E-state index contributed by atoms with van der Waals surface area (Å²) in [5, 5.41) is 2.58. The average Bonchev–Trinajstić information content (AvgIpc) is 2.48. The summed E-state index contributed by atoms with van der Waals surface area (Å²) in [7, 11) is 0. The molecule has 0 unspecified atom stereocenters. The fraction of sp³-hybridized carbons (Fsp3) is 0.0588. The predicted molar refractivity (Wildman–Crippen MR) is 80.5 cm³/mol. The van der Waals surface area contributed by atoms with E-state index in [1.807, 2.05) is 0 Å². The second kappa shape index (κ2) is 6.76. The van der Waals surface area contributed by atoms with Crippen LogP contribution in [0.4, 0.5) is 14.5 Å². The van der Waals surface area contributed by atoms with E-state index in [2.05, 4.69) is 5.32 Å². The first-order chi connectivity index (χ1) is 10.5. The quantitative estimate of drug-likeness (QED) is 0.689. The largest absolute Gasteiger partial charge is 0.326 e. The first kappa shape index (κ1) is 15.6. The van der Waals surface area contributed by atoms with Crippen molar-refractivity contribution in [2.45, 2.75) is 6.92 Å². The lowest BCUT2D eigenvalue weighted by Gasteiger charge is -2.03. The normalized spacial score (nSPS) is 10.7. The van der Waals surface area contributed by atoms with Crippen LogP contribution in [0.25, 0.3) is 6.08 Å². The van der Waals surface area contributed by atoms with Gasteiger partial charge in [-0.2, -0.15) is 0 Å². The Balaban J connectivity index is 2.16. The van der Waals surface area contributed by atoms with Crippen molar-refractivity contribution in [3.05, 3.63) is 71.3 Å². The van der Waals surface area contributed by atoms with Gasteiger partial charge in [0.25, 0.3) is 0 Å². The first-order valence-corrected chi connectivity index (χ1v) is 6.51. The number of benzene rings is 2. The lowest BCUT2D eigenvalue weighted by molar-refractivity contribution is -0.114. The van der Waals surface area contributed by atoms with Crippen LogP contribution in [0.5, 0.6) is 0 Å². The van der Waals surface area contributed by atoms with Crippen LogP contribution >= 0.6 is 0 Å². The second-order valence-corrected chi connectivity index (χ2v) is 4.63. The topological polar surface area (TPSA) is 46.2 Å². The number of carbonyl (C=O) groups excluding carboxylic acids is 2. The maximum Gasteiger partial charge on any atom is 0.221 e. The Labute approximate surface area is 126 Å². The Morgan fingerprint density at radius 2 is 1.82 bits per heavy atom. The maximum absolute atomic E-state index is 13.1. The van der Waals surface area contributed by atoms with Gasteiger partial charge in [0, 0.05) is 18.2 Å². The summed E-state index contributed by atoms with van der Waals surface area (Å²) in [5.41, 5.74) is 1.27. The molecule has 0 aliphatic carbocycles. The van der Waals surface area contributed by atoms with E-state index in [0.717, 1.165) is 12.1 Å². The predicted octanol–water partition coefficient (Wildman–Crippen LogP) is 3.82. The van der Waals surface area contributed by atoms with E-state index < -0.39 is 11.6 Å². The fourth-order valence-corrected chi connectivity index (χ4v) is 1.84. The Morgan fingerprint density at radius 1 is 1.05 bits per heavy atom. The van der Waals surface area contributed by atoms with Crippen LogP contribution < -0.4 is 5.32 Å². The van der Waals surface area contributed by atoms with Crippen molar-refractivity contribution in [2.75, 3.05) is 5.32 Å². The smallest absolute Gasteiger partial charge is 0.221 e. The summed E-state index contributed by atoms with van der Waals surface area (Å²) in [4.78, 5) is 23.0. The lowest BCUT2D eigenvalue weighted by Crippen LogP contribution is -2.06. The standard InChI is InChI=1S/C17H13F2NO2/c1-11(21)20-14-4-2-3-13(10-14)17(22)8-6-12-5-7-15(18)16(19)9-12/h2-10H,1H3,(H,20,21). The van der Waals surface area contributed by atoms with Crippen LogP contribution in [0, 0.1) is 11.6 Å². The van der Waals surface area contributed by atoms with Crippen molar-refractivity contribution in [1.29, 1.82) is 0 Å². The summed E-state index contributed by atoms with van der Waals surface area (Å²) in [6.45, 7) is 1.37. The molecule has 22 heavy (non-hydrogen) atoms. The zero-order valence-electron chi connectivity index (χ0n) is 11.8. The Hall–Kier alpha value is -2.82. The van der Waals surface area contributed by atoms with Crippen LogP contribution in [-0.2, 0) is 4.79 Å². The molecule has 0 aliphatic rings. The van der Waals surface area contributed by atoms with Gasteiger partial charge in [-0.25, -0.2) is 8.78 Å². The van der Waals surface area contributed by atoms with Crippen molar-refractivity contribution in [2.24, 2.45) is 0 Å². The molecule has 2 rings (SSSR count). The van der Waals surface area contributed by atoms with Crippen molar-refractivity contribution in [3.63, 3.8) is 0 Å². The van der Waals surface area contributed by atoms with Crippen LogP contribution in [0.1, 0.15) is 22.8 Å². The van der Waals surface area contributed by atoms with Crippen LogP contribution in [0.3, 0.4) is 0 Å². The molecule has 1 N–H and O–H groups in total. The number of allylic oxidation sites excluding steroid dienone is 1. The van der Waals surface area contributed by atoms with Crippen LogP contribution in [0.15, 0.2) is 48.5 Å². The molecule has 2 aromatic rings. The molecule has 112 valence electrons. The van der Waals surface area contributed by atoms with Gasteiger partial charge in [0.15, 0.2) is 17.4 Å². The summed E-state index contributed by atoms with van der Waals surface area (Å²) in [6, 6.07) is 9.82. The molecule has 0 heterocycles. The van der Waals surface area contributed by atoms with E-state index in [-0.39, 0.29) is 11.7 Å². The summed E-state index contributed by atoms with van der Waals surface area (Å²) in [5.74, 6) is -2.45. The van der Waals surface area contributed by atoms with Gasteiger partial charge in [-0.1, -0.05) is 24.3 Å². The molecule has 0 radical (unpaired) electrons. The van der Waals surface area contributed by atoms with Crippen molar-refractivity contribution < 1.29 is 18.4 Å². The number of halogens is 2. The average molecular weight is 301 g/mol. The molecule has 0 aliphatic heterocycles. The van der Waals surface area contributed by atoms with E-state index in [1.54, 1.807) is 24.3 Å². The summed E-state index contributed by atoms with van der Waals surface area (Å²) < 4.78 is 25.9. The number of anilines is 1. The van der Waals surface area contributed by atoms with Gasteiger partial charge in [0.1, 0.15) is 0 Å². The number of hydrogen-bond acceptors (Lipinski definition) is 2. The summed E-state index contributed by atoms with van der Waals surface area (Å²) in [6.07, 6.45) is 2.66. The number of amides is 1. The molecule has 0 aromatic heterocycles. The third-order valence-electron chi connectivity index (χ3n) is 2.84. The molecule has 1 amide bonds. The van der Waals surface area contributed by atoms with Gasteiger partial charge in [-0.15, -0.1) is 0 Å². The third-order valence-corrected chi connectivity index (χ3v) is 2.84. The molecule has 0 saturated heterocycles. The monoisotopic (exact) mass is 301 g/mol. The summed E-state index contributed by atoms with van der Waals surface area (Å²) >= 11 is 0. The second-order valence-electron chi connectivity index (χ2n) is 4.63. The zero-order chi connectivity index (χ0) is 16.1. The van der Waals surface area contributed by atoms with Crippen molar-refractivity contribution in [3.8, 4) is 0 Å². The minimum Gasteiger partial charge on any atom is -0.326 e. The van der Waals surface area contributed by atoms with Gasteiger partial charge >= 0.3 is 0 Å². The molecule has 2 aromatic carbocycles. The van der Waals surface area contributed by atoms with E-state index in [0.29, 0.717) is 16.8 Å². The van der Waals surface area contributed by atoms with E-state index in [1.165, 1.54) is 25.1 Å². The fourth-order valence-electron chi connectivity index (χ4n) is 1.84. The van der Waals surface area contributed by atoms with Crippen molar-refractivity contribution in [1.82, 2.24) is 0 Å². The molecule has 0 fully saturated rings. The highest BCUT2D eigenvalue weighted by atomic mass is 19.2. The number of ketones is 1. The SMILES string of the molecule is CC(=O)Nc1cccc(C(=O)C=Cc2ccc(F)c(F)c2)c1. The number of nitrogens with one attached hydrogen (secondary N) is 1. The maximum atomic E-state index is 13.1. The van der Waals surface area contributed by atoms with E-state index >= 15 is 0 Å². The van der Waals surface area contributed by atoms with Gasteiger partial charge < -0.3 is 5.32 Å². The Kier molecular flexibility index (Phi) is 4.78. The number of rotatable bonds is 4. The van der Waals surface area contributed by atoms with E-state index in [4.69, 9.17) is 0 Å². The van der Waals surface area contributed by atoms with E-state index in [9.17, 15) is 18.4 Å². The molecular formula is C17H13F2NO2. The molecule has 3 nitrogen and oxygen atoms in total. The van der Waals surface area contributed by atoms with Gasteiger partial charge in [0.05, 0.1) is 0 Å². The van der Waals surface area contributed by atoms with Crippen LogP contribution in [0.2, 0.25) is 0 Å². The number of carbonyl (C=O) groups is 2. The van der Waals surface area contributed by atoms with Gasteiger partial charge in [0.2, 0.25) is 5.91 Å². The van der Waals surface area contributed by atoms with Crippen LogP contribution in [-0.4, -0.2) is 11.7 Å². The highest BCUT2D eigenvalue weighted by Gasteiger charge is 2.05. The molecular weight excluding hydrogens is 288 g/mol.